The standard InChI is InChI=1S/C29H43N3O3S/c1-27(2)23-10-12-29(27,25(18-23)31-26(33)22-7-5-15-30-19-22)20-36(34,35)32-16-13-28(14-17-32)11-9-21-6-3-4-8-24(21)28/h3-4,6,8,22-23,25,30H,5,7,9-20H2,1-2H3,(H,31,33)/t22-,23?,25?,29?/m1/s1. The molecular weight excluding hydrogens is 470 g/mol. The smallest absolute Gasteiger partial charge is 0.224 e. The highest BCUT2D eigenvalue weighted by molar-refractivity contribution is 7.89. The normalized spacial score (nSPS) is 35.1. The molecule has 6 rings (SSSR count). The Kier molecular flexibility index (Phi) is 6.08. The van der Waals surface area contributed by atoms with Gasteiger partial charge in [0.2, 0.25) is 15.9 Å². The monoisotopic (exact) mass is 513 g/mol. The number of rotatable bonds is 5. The van der Waals surface area contributed by atoms with Gasteiger partial charge in [0.05, 0.1) is 11.7 Å². The minimum absolute atomic E-state index is 0.00205. The molecule has 2 bridgehead atoms. The maximum absolute atomic E-state index is 14.0. The van der Waals surface area contributed by atoms with Gasteiger partial charge in [0.1, 0.15) is 0 Å². The Morgan fingerprint density at radius 3 is 2.61 bits per heavy atom. The number of benzene rings is 1. The second kappa shape index (κ2) is 8.81. The number of piperidine rings is 2. The zero-order valence-electron chi connectivity index (χ0n) is 22.0. The van der Waals surface area contributed by atoms with Crippen molar-refractivity contribution in [3.63, 3.8) is 0 Å². The lowest BCUT2D eigenvalue weighted by molar-refractivity contribution is -0.127. The number of fused-ring (bicyclic) bond motifs is 4. The van der Waals surface area contributed by atoms with Crippen molar-refractivity contribution in [3.8, 4) is 0 Å². The first-order valence-corrected chi connectivity index (χ1v) is 15.9. The summed E-state index contributed by atoms with van der Waals surface area (Å²) in [6.45, 7) is 7.45. The fourth-order valence-corrected chi connectivity index (χ4v) is 11.2. The molecule has 2 aliphatic heterocycles. The van der Waals surface area contributed by atoms with E-state index < -0.39 is 10.0 Å². The number of nitrogens with one attached hydrogen (secondary N) is 2. The van der Waals surface area contributed by atoms with Gasteiger partial charge in [0.25, 0.3) is 0 Å². The van der Waals surface area contributed by atoms with Crippen LogP contribution in [0.3, 0.4) is 0 Å². The summed E-state index contributed by atoms with van der Waals surface area (Å²) in [6, 6.07) is 8.70. The van der Waals surface area contributed by atoms with E-state index in [0.717, 1.165) is 70.9 Å². The summed E-state index contributed by atoms with van der Waals surface area (Å²) in [6.07, 6.45) is 8.90. The third-order valence-electron chi connectivity index (χ3n) is 11.4. The number of carbonyl (C=O) groups excluding carboxylic acids is 1. The topological polar surface area (TPSA) is 78.5 Å². The number of sulfonamides is 1. The van der Waals surface area contributed by atoms with E-state index in [4.69, 9.17) is 0 Å². The van der Waals surface area contributed by atoms with Crippen LogP contribution in [0.1, 0.15) is 76.3 Å². The summed E-state index contributed by atoms with van der Waals surface area (Å²) < 4.78 is 29.8. The molecule has 4 atom stereocenters. The van der Waals surface area contributed by atoms with E-state index >= 15 is 0 Å². The first kappa shape index (κ1) is 24.9. The second-order valence-electron chi connectivity index (χ2n) is 13.0. The van der Waals surface area contributed by atoms with Crippen molar-refractivity contribution in [2.45, 2.75) is 83.1 Å². The molecule has 7 heteroatoms. The third kappa shape index (κ3) is 3.79. The van der Waals surface area contributed by atoms with E-state index in [1.54, 1.807) is 4.31 Å². The molecule has 5 aliphatic rings. The van der Waals surface area contributed by atoms with Crippen LogP contribution in [0.5, 0.6) is 0 Å². The van der Waals surface area contributed by atoms with E-state index in [9.17, 15) is 13.2 Å². The fraction of sp³-hybridized carbons (Fsp3) is 0.759. The summed E-state index contributed by atoms with van der Waals surface area (Å²) >= 11 is 0. The van der Waals surface area contributed by atoms with Crippen molar-refractivity contribution in [1.29, 1.82) is 0 Å². The van der Waals surface area contributed by atoms with Gasteiger partial charge in [0, 0.05) is 31.1 Å². The van der Waals surface area contributed by atoms with E-state index in [-0.39, 0.29) is 39.9 Å². The molecule has 198 valence electrons. The molecule has 2 N–H and O–H groups in total. The highest BCUT2D eigenvalue weighted by atomic mass is 32.2. The van der Waals surface area contributed by atoms with Gasteiger partial charge < -0.3 is 10.6 Å². The van der Waals surface area contributed by atoms with Crippen molar-refractivity contribution in [3.05, 3.63) is 35.4 Å². The molecule has 1 aromatic rings. The van der Waals surface area contributed by atoms with Crippen LogP contribution in [0.25, 0.3) is 0 Å². The molecule has 1 amide bonds. The molecule has 36 heavy (non-hydrogen) atoms. The number of nitrogens with zero attached hydrogens (tertiary/aromatic N) is 1. The first-order valence-electron chi connectivity index (χ1n) is 14.2. The number of carbonyl (C=O) groups is 1. The molecule has 6 nitrogen and oxygen atoms in total. The highest BCUT2D eigenvalue weighted by Crippen LogP contribution is 2.66. The summed E-state index contributed by atoms with van der Waals surface area (Å²) in [5.41, 5.74) is 2.57. The summed E-state index contributed by atoms with van der Waals surface area (Å²) in [5.74, 6) is 0.762. The fourth-order valence-electron chi connectivity index (χ4n) is 8.88. The van der Waals surface area contributed by atoms with Crippen LogP contribution >= 0.6 is 0 Å². The molecule has 4 fully saturated rings. The van der Waals surface area contributed by atoms with Gasteiger partial charge in [-0.1, -0.05) is 38.1 Å². The Morgan fingerprint density at radius 2 is 1.89 bits per heavy atom. The maximum atomic E-state index is 14.0. The average Bonchev–Trinajstić information content (AvgIpc) is 3.41. The van der Waals surface area contributed by atoms with E-state index in [1.165, 1.54) is 11.1 Å². The van der Waals surface area contributed by atoms with Gasteiger partial charge in [-0.3, -0.25) is 4.79 Å². The van der Waals surface area contributed by atoms with Crippen LogP contribution in [0.2, 0.25) is 0 Å². The minimum atomic E-state index is -3.43. The number of hydrogen-bond acceptors (Lipinski definition) is 4. The first-order chi connectivity index (χ1) is 17.2. The largest absolute Gasteiger partial charge is 0.352 e. The Labute approximate surface area is 217 Å². The predicted molar refractivity (Wildman–Crippen MR) is 142 cm³/mol. The van der Waals surface area contributed by atoms with Crippen LogP contribution < -0.4 is 10.6 Å². The van der Waals surface area contributed by atoms with Crippen LogP contribution in [0, 0.1) is 22.7 Å². The number of aryl methyl sites for hydroxylation is 1. The zero-order valence-corrected chi connectivity index (χ0v) is 22.8. The van der Waals surface area contributed by atoms with E-state index in [1.807, 2.05) is 0 Å². The number of hydrogen-bond donors (Lipinski definition) is 2. The lowest BCUT2D eigenvalue weighted by atomic mass is 9.69. The van der Waals surface area contributed by atoms with Crippen molar-refractivity contribution in [2.24, 2.45) is 22.7 Å². The summed E-state index contributed by atoms with van der Waals surface area (Å²) in [5, 5.41) is 6.74. The molecule has 3 aliphatic carbocycles. The quantitative estimate of drug-likeness (QED) is 0.631. The zero-order chi connectivity index (χ0) is 25.2. The van der Waals surface area contributed by atoms with Gasteiger partial charge in [-0.2, -0.15) is 0 Å². The second-order valence-corrected chi connectivity index (χ2v) is 15.0. The van der Waals surface area contributed by atoms with Crippen LogP contribution in [0.15, 0.2) is 24.3 Å². The van der Waals surface area contributed by atoms with Crippen molar-refractivity contribution >= 4 is 15.9 Å². The average molecular weight is 514 g/mol. The molecule has 2 heterocycles. The SMILES string of the molecule is CC1(C)C2CCC1(CS(=O)(=O)N1CCC3(CCc4ccccc43)CC1)C(NC(=O)[C@@H]1CCCNC1)C2. The van der Waals surface area contributed by atoms with E-state index in [2.05, 4.69) is 48.7 Å². The maximum Gasteiger partial charge on any atom is 0.224 e. The number of amides is 1. The molecular formula is C29H43N3O3S. The van der Waals surface area contributed by atoms with Crippen LogP contribution in [-0.4, -0.2) is 56.6 Å². The predicted octanol–water partition coefficient (Wildman–Crippen LogP) is 3.61. The molecule has 1 spiro atoms. The van der Waals surface area contributed by atoms with Crippen LogP contribution in [0.4, 0.5) is 0 Å². The van der Waals surface area contributed by atoms with Crippen molar-refractivity contribution in [2.75, 3.05) is 31.9 Å². The van der Waals surface area contributed by atoms with Gasteiger partial charge >= 0.3 is 0 Å². The molecule has 0 aromatic heterocycles. The molecule has 2 saturated carbocycles. The van der Waals surface area contributed by atoms with Gasteiger partial charge in [-0.15, -0.1) is 0 Å². The van der Waals surface area contributed by atoms with E-state index in [0.29, 0.717) is 19.0 Å². The van der Waals surface area contributed by atoms with Gasteiger partial charge in [-0.25, -0.2) is 12.7 Å². The molecule has 1 aromatic carbocycles. The third-order valence-corrected chi connectivity index (χ3v) is 13.4. The lowest BCUT2D eigenvalue weighted by Crippen LogP contribution is -2.56. The van der Waals surface area contributed by atoms with Crippen LogP contribution in [-0.2, 0) is 26.7 Å². The Hall–Kier alpha value is -1.44. The van der Waals surface area contributed by atoms with Crippen molar-refractivity contribution < 1.29 is 13.2 Å². The molecule has 3 unspecified atom stereocenters. The Bertz CT molecular complexity index is 1120. The lowest BCUT2D eigenvalue weighted by Gasteiger charge is -2.45. The summed E-state index contributed by atoms with van der Waals surface area (Å²) in [4.78, 5) is 13.2. The minimum Gasteiger partial charge on any atom is -0.352 e. The summed E-state index contributed by atoms with van der Waals surface area (Å²) in [7, 11) is -3.43. The molecule has 2 saturated heterocycles. The van der Waals surface area contributed by atoms with Gasteiger partial charge in [0.15, 0.2) is 0 Å². The van der Waals surface area contributed by atoms with Crippen molar-refractivity contribution in [1.82, 2.24) is 14.9 Å². The molecule has 0 radical (unpaired) electrons. The Morgan fingerprint density at radius 1 is 1.11 bits per heavy atom. The highest BCUT2D eigenvalue weighted by Gasteiger charge is 2.66. The van der Waals surface area contributed by atoms with Gasteiger partial charge in [-0.05, 0) is 92.2 Å². The Balaban J connectivity index is 1.19.